The van der Waals surface area contributed by atoms with E-state index >= 15 is 0 Å². The molecule has 2 N–H and O–H groups in total. The average Bonchev–Trinajstić information content (AvgIpc) is 3.71. The Morgan fingerprint density at radius 2 is 0.692 bits per heavy atom. The van der Waals surface area contributed by atoms with E-state index in [4.69, 9.17) is 38.6 Å². The lowest BCUT2D eigenvalue weighted by molar-refractivity contribution is -0.0287. The van der Waals surface area contributed by atoms with E-state index in [-0.39, 0.29) is 58.5 Å². The van der Waals surface area contributed by atoms with Crippen LogP contribution in [0.15, 0.2) is 97.1 Å². The maximum Gasteiger partial charge on any atom is 0.511 e. The van der Waals surface area contributed by atoms with Crippen LogP contribution in [0.25, 0.3) is 0 Å². The molecule has 266 valence electrons. The van der Waals surface area contributed by atoms with Crippen molar-refractivity contribution in [1.29, 1.82) is 0 Å². The number of esters is 4. The van der Waals surface area contributed by atoms with E-state index < -0.39 is 60.6 Å². The number of hydrogen-bond donors (Lipinski definition) is 2. The average molecular weight is 715 g/mol. The van der Waals surface area contributed by atoms with Crippen molar-refractivity contribution in [2.24, 2.45) is 0 Å². The lowest BCUT2D eigenvalue weighted by Crippen LogP contribution is -2.36. The van der Waals surface area contributed by atoms with Crippen molar-refractivity contribution in [1.82, 2.24) is 0 Å². The molecule has 2 heterocycles. The second-order valence-electron chi connectivity index (χ2n) is 11.1. The predicted octanol–water partition coefficient (Wildman–Crippen LogP) is 4.79. The van der Waals surface area contributed by atoms with Crippen molar-refractivity contribution in [2.45, 2.75) is 24.4 Å². The highest BCUT2D eigenvalue weighted by Gasteiger charge is 2.51. The second kappa shape index (κ2) is 15.4. The number of carboxylic acid groups (broad SMARTS) is 2. The molecule has 2 fully saturated rings. The minimum atomic E-state index is -1.49. The van der Waals surface area contributed by atoms with Crippen molar-refractivity contribution in [3.63, 3.8) is 0 Å². The van der Waals surface area contributed by atoms with Gasteiger partial charge in [0.25, 0.3) is 0 Å². The maximum atomic E-state index is 12.9. The lowest BCUT2D eigenvalue weighted by Gasteiger charge is -2.17. The Morgan fingerprint density at radius 1 is 0.423 bits per heavy atom. The molecule has 2 aliphatic rings. The number of carbonyl (C=O) groups excluding carboxylic acids is 4. The molecule has 2 saturated heterocycles. The predicted molar refractivity (Wildman–Crippen MR) is 171 cm³/mol. The van der Waals surface area contributed by atoms with Gasteiger partial charge in [0.15, 0.2) is 12.2 Å². The van der Waals surface area contributed by atoms with Gasteiger partial charge < -0.3 is 48.1 Å². The highest BCUT2D eigenvalue weighted by atomic mass is 16.7. The molecule has 2 aliphatic heterocycles. The van der Waals surface area contributed by atoms with Gasteiger partial charge in [0.05, 0.1) is 35.5 Å². The van der Waals surface area contributed by atoms with Crippen LogP contribution in [-0.4, -0.2) is 84.0 Å². The fraction of sp³-hybridized carbons (Fsp3) is 0.167. The van der Waals surface area contributed by atoms with E-state index in [0.717, 1.165) is 0 Å². The molecule has 4 aromatic rings. The third-order valence-corrected chi connectivity index (χ3v) is 7.67. The lowest BCUT2D eigenvalue weighted by atomic mass is 10.1. The molecule has 0 saturated carbocycles. The molecule has 16 heteroatoms. The van der Waals surface area contributed by atoms with Crippen molar-refractivity contribution in [3.05, 3.63) is 119 Å². The molecule has 4 aromatic carbocycles. The Morgan fingerprint density at radius 3 is 0.981 bits per heavy atom. The van der Waals surface area contributed by atoms with Crippen LogP contribution < -0.4 is 18.9 Å². The van der Waals surface area contributed by atoms with Crippen molar-refractivity contribution >= 4 is 36.2 Å². The number of ether oxygens (including phenoxy) is 8. The largest absolute Gasteiger partial charge is 0.511 e. The minimum Gasteiger partial charge on any atom is -0.453 e. The molecule has 16 nitrogen and oxygen atoms in total. The van der Waals surface area contributed by atoms with Gasteiger partial charge in [-0.2, -0.15) is 0 Å². The van der Waals surface area contributed by atoms with E-state index in [1.165, 1.54) is 97.1 Å². The summed E-state index contributed by atoms with van der Waals surface area (Å²) in [6, 6.07) is 21.8. The first-order valence-electron chi connectivity index (χ1n) is 15.3. The third-order valence-electron chi connectivity index (χ3n) is 7.67. The molecule has 0 bridgehead atoms. The molecule has 4 atom stereocenters. The Kier molecular flexibility index (Phi) is 10.4. The number of rotatable bonds is 10. The van der Waals surface area contributed by atoms with Gasteiger partial charge in [-0.3, -0.25) is 0 Å². The molecule has 0 unspecified atom stereocenters. The zero-order valence-corrected chi connectivity index (χ0v) is 26.6. The first-order chi connectivity index (χ1) is 25.0. The van der Waals surface area contributed by atoms with Gasteiger partial charge in [-0.15, -0.1) is 0 Å². The second-order valence-corrected chi connectivity index (χ2v) is 11.1. The summed E-state index contributed by atoms with van der Waals surface area (Å²) < 4.78 is 42.4. The van der Waals surface area contributed by atoms with E-state index in [1.54, 1.807) is 0 Å². The first-order valence-corrected chi connectivity index (χ1v) is 15.3. The fourth-order valence-corrected chi connectivity index (χ4v) is 5.21. The standard InChI is InChI=1S/C36H26O16/c37-31(19-5-13-25(14-6-19)49-35(41)42)47-23-9-1-21(2-10-23)33(39)51-27-17-45-30-28(18-46-29(27)30)52-34(40)22-3-11-24(12-4-22)48-32(38)20-7-15-26(16-8-20)50-36(43)44/h1-16,27-30H,17-18H2,(H,41,42)(H,43,44)/t27-,28-,29+,30+/m1/s1. The highest BCUT2D eigenvalue weighted by Crippen LogP contribution is 2.32. The van der Waals surface area contributed by atoms with E-state index in [9.17, 15) is 28.8 Å². The summed E-state index contributed by atoms with van der Waals surface area (Å²) in [5, 5.41) is 17.3. The van der Waals surface area contributed by atoms with Crippen LogP contribution in [0.5, 0.6) is 23.0 Å². The van der Waals surface area contributed by atoms with Gasteiger partial charge in [-0.25, -0.2) is 28.8 Å². The summed E-state index contributed by atoms with van der Waals surface area (Å²) in [6.45, 7) is -0.00697. The van der Waals surface area contributed by atoms with Gasteiger partial charge >= 0.3 is 36.2 Å². The first kappa shape index (κ1) is 35.1. The Labute approximate surface area is 292 Å². The Balaban J connectivity index is 0.963. The molecule has 0 spiro atoms. The van der Waals surface area contributed by atoms with Crippen LogP contribution in [0.4, 0.5) is 9.59 Å². The summed E-state index contributed by atoms with van der Waals surface area (Å²) in [7, 11) is 0. The Bertz CT molecular complexity index is 1830. The SMILES string of the molecule is O=C(O)Oc1ccc(C(=O)Oc2ccc(C(=O)O[C@@H]3CO[C@@H]4[C@H]3OC[C@H]4OC(=O)c3ccc(OC(=O)c4ccc(OC(=O)O)cc4)cc3)cc2)cc1. The van der Waals surface area contributed by atoms with Gasteiger partial charge in [-0.1, -0.05) is 0 Å². The summed E-state index contributed by atoms with van der Waals surface area (Å²) in [5.74, 6) is -2.43. The zero-order chi connectivity index (χ0) is 36.8. The van der Waals surface area contributed by atoms with E-state index in [2.05, 4.69) is 9.47 Å². The molecular weight excluding hydrogens is 688 g/mol. The Hall–Kier alpha value is -6.78. The summed E-state index contributed by atoms with van der Waals surface area (Å²) in [5.41, 5.74) is 0.617. The van der Waals surface area contributed by atoms with E-state index in [1.807, 2.05) is 0 Å². The van der Waals surface area contributed by atoms with Crippen LogP contribution >= 0.6 is 0 Å². The van der Waals surface area contributed by atoms with Crippen LogP contribution in [0.2, 0.25) is 0 Å². The normalized spacial score (nSPS) is 18.7. The summed E-state index contributed by atoms with van der Waals surface area (Å²) in [6.07, 6.45) is -5.94. The van der Waals surface area contributed by atoms with E-state index in [0.29, 0.717) is 0 Å². The van der Waals surface area contributed by atoms with Crippen molar-refractivity contribution < 1.29 is 76.9 Å². The van der Waals surface area contributed by atoms with Crippen LogP contribution in [0, 0.1) is 0 Å². The van der Waals surface area contributed by atoms with Crippen molar-refractivity contribution in [3.8, 4) is 23.0 Å². The van der Waals surface area contributed by atoms with Crippen LogP contribution in [0.1, 0.15) is 41.4 Å². The molecule has 0 amide bonds. The van der Waals surface area contributed by atoms with Crippen LogP contribution in [-0.2, 0) is 18.9 Å². The molecular formula is C36H26O16. The van der Waals surface area contributed by atoms with Crippen LogP contribution in [0.3, 0.4) is 0 Å². The highest BCUT2D eigenvalue weighted by molar-refractivity contribution is 5.93. The number of hydrogen-bond acceptors (Lipinski definition) is 14. The smallest absolute Gasteiger partial charge is 0.453 e. The molecule has 0 aliphatic carbocycles. The van der Waals surface area contributed by atoms with Gasteiger partial charge in [0, 0.05) is 0 Å². The number of carbonyl (C=O) groups is 6. The fourth-order valence-electron chi connectivity index (χ4n) is 5.21. The monoisotopic (exact) mass is 714 g/mol. The molecule has 0 aromatic heterocycles. The quantitative estimate of drug-likeness (QED) is 0.128. The summed E-state index contributed by atoms with van der Waals surface area (Å²) in [4.78, 5) is 71.9. The maximum absolute atomic E-state index is 12.9. The topological polar surface area (TPSA) is 217 Å². The van der Waals surface area contributed by atoms with Crippen molar-refractivity contribution in [2.75, 3.05) is 13.2 Å². The van der Waals surface area contributed by atoms with Gasteiger partial charge in [0.1, 0.15) is 35.2 Å². The molecule has 0 radical (unpaired) electrons. The number of fused-ring (bicyclic) bond motifs is 1. The minimum absolute atomic E-state index is 0.00348. The van der Waals surface area contributed by atoms with Gasteiger partial charge in [0.2, 0.25) is 0 Å². The molecule has 6 rings (SSSR count). The number of benzene rings is 4. The zero-order valence-electron chi connectivity index (χ0n) is 26.6. The third kappa shape index (κ3) is 8.50. The molecule has 52 heavy (non-hydrogen) atoms. The van der Waals surface area contributed by atoms with Gasteiger partial charge in [-0.05, 0) is 97.1 Å². The summed E-state index contributed by atoms with van der Waals surface area (Å²) >= 11 is 0.